The van der Waals surface area contributed by atoms with Crippen LogP contribution in [0.15, 0.2) is 36.4 Å². The average Bonchev–Trinajstić information content (AvgIpc) is 2.94. The number of hydrogen-bond donors (Lipinski definition) is 1. The number of nitrogens with one attached hydrogen (secondary N) is 1. The number of nitrogens with zero attached hydrogens (tertiary/aromatic N) is 3. The lowest BCUT2D eigenvalue weighted by Gasteiger charge is -2.34. The van der Waals surface area contributed by atoms with Gasteiger partial charge < -0.3 is 9.88 Å². The van der Waals surface area contributed by atoms with E-state index in [9.17, 15) is 9.18 Å². The number of amides is 1. The van der Waals surface area contributed by atoms with Crippen molar-refractivity contribution in [2.75, 3.05) is 44.6 Å². The molecule has 1 amide bonds. The van der Waals surface area contributed by atoms with Crippen LogP contribution in [0.2, 0.25) is 0 Å². The highest BCUT2D eigenvalue weighted by molar-refractivity contribution is 5.92. The Hall–Kier alpha value is -2.18. The zero-order chi connectivity index (χ0) is 18.5. The maximum Gasteiger partial charge on any atom is 0.238 e. The predicted molar refractivity (Wildman–Crippen MR) is 102 cm³/mol. The summed E-state index contributed by atoms with van der Waals surface area (Å²) >= 11 is 0. The average molecular weight is 358 g/mol. The molecule has 0 atom stereocenters. The highest BCUT2D eigenvalue weighted by Gasteiger charge is 2.19. The summed E-state index contributed by atoms with van der Waals surface area (Å²) in [7, 11) is 0. The number of aromatic nitrogens is 1. The molecule has 2 aromatic rings. The molecule has 2 heterocycles. The summed E-state index contributed by atoms with van der Waals surface area (Å²) in [6.07, 6.45) is 0. The molecular formula is C20H27FN4O. The smallest absolute Gasteiger partial charge is 0.238 e. The molecule has 3 rings (SSSR count). The van der Waals surface area contributed by atoms with Crippen molar-refractivity contribution < 1.29 is 9.18 Å². The maximum absolute atomic E-state index is 13.6. The predicted octanol–water partition coefficient (Wildman–Crippen LogP) is 2.50. The second-order valence-electron chi connectivity index (χ2n) is 6.91. The van der Waals surface area contributed by atoms with Gasteiger partial charge in [-0.2, -0.15) is 0 Å². The Morgan fingerprint density at radius 1 is 0.962 bits per heavy atom. The lowest BCUT2D eigenvalue weighted by Crippen LogP contribution is -2.49. The van der Waals surface area contributed by atoms with E-state index in [1.807, 2.05) is 0 Å². The molecule has 0 unspecified atom stereocenters. The molecule has 5 nitrogen and oxygen atoms in total. The summed E-state index contributed by atoms with van der Waals surface area (Å²) in [5, 5.41) is 2.65. The third kappa shape index (κ3) is 4.71. The van der Waals surface area contributed by atoms with Crippen molar-refractivity contribution in [3.05, 3.63) is 53.6 Å². The van der Waals surface area contributed by atoms with Gasteiger partial charge in [-0.05, 0) is 38.1 Å². The van der Waals surface area contributed by atoms with Crippen molar-refractivity contribution in [2.24, 2.45) is 0 Å². The Morgan fingerprint density at radius 3 is 2.23 bits per heavy atom. The van der Waals surface area contributed by atoms with Crippen molar-refractivity contribution in [3.63, 3.8) is 0 Å². The first-order valence-electron chi connectivity index (χ1n) is 9.15. The van der Waals surface area contributed by atoms with Crippen LogP contribution in [0.3, 0.4) is 0 Å². The first-order chi connectivity index (χ1) is 12.5. The van der Waals surface area contributed by atoms with Crippen LogP contribution in [-0.4, -0.2) is 59.5 Å². The number of aryl methyl sites for hydroxylation is 2. The minimum absolute atomic E-state index is 0.165. The highest BCUT2D eigenvalue weighted by atomic mass is 19.1. The van der Waals surface area contributed by atoms with Gasteiger partial charge in [0.2, 0.25) is 5.91 Å². The van der Waals surface area contributed by atoms with E-state index in [1.165, 1.54) is 17.5 Å². The first kappa shape index (κ1) is 18.6. The minimum Gasteiger partial charge on any atom is -0.348 e. The van der Waals surface area contributed by atoms with Crippen LogP contribution in [0.5, 0.6) is 0 Å². The lowest BCUT2D eigenvalue weighted by atomic mass is 10.3. The molecule has 1 saturated heterocycles. The zero-order valence-corrected chi connectivity index (χ0v) is 15.5. The summed E-state index contributed by atoms with van der Waals surface area (Å²) in [6, 6.07) is 10.6. The van der Waals surface area contributed by atoms with Crippen LogP contribution < -0.4 is 5.32 Å². The molecule has 26 heavy (non-hydrogen) atoms. The molecule has 1 N–H and O–H groups in total. The van der Waals surface area contributed by atoms with Crippen molar-refractivity contribution in [1.29, 1.82) is 0 Å². The molecule has 6 heteroatoms. The topological polar surface area (TPSA) is 40.5 Å². The number of benzene rings is 1. The molecule has 0 bridgehead atoms. The summed E-state index contributed by atoms with van der Waals surface area (Å²) < 4.78 is 15.9. The number of hydrogen-bond acceptors (Lipinski definition) is 3. The largest absolute Gasteiger partial charge is 0.348 e. The minimum atomic E-state index is -0.402. The molecule has 1 aliphatic heterocycles. The maximum atomic E-state index is 13.6. The zero-order valence-electron chi connectivity index (χ0n) is 15.5. The Labute approximate surface area is 154 Å². The molecule has 1 aliphatic rings. The molecule has 1 aromatic carbocycles. The van der Waals surface area contributed by atoms with Crippen LogP contribution >= 0.6 is 0 Å². The normalized spacial score (nSPS) is 16.0. The van der Waals surface area contributed by atoms with E-state index in [4.69, 9.17) is 0 Å². The number of para-hydroxylation sites is 1. The molecule has 140 valence electrons. The third-order valence-corrected chi connectivity index (χ3v) is 5.04. The lowest BCUT2D eigenvalue weighted by molar-refractivity contribution is -0.117. The Bertz CT molecular complexity index is 731. The van der Waals surface area contributed by atoms with Gasteiger partial charge in [-0.15, -0.1) is 0 Å². The van der Waals surface area contributed by atoms with E-state index >= 15 is 0 Å². The van der Waals surface area contributed by atoms with Gasteiger partial charge >= 0.3 is 0 Å². The molecule has 0 radical (unpaired) electrons. The van der Waals surface area contributed by atoms with Crippen LogP contribution in [-0.2, 0) is 11.3 Å². The number of piperazine rings is 1. The van der Waals surface area contributed by atoms with E-state index in [0.29, 0.717) is 6.54 Å². The molecule has 1 aromatic heterocycles. The third-order valence-electron chi connectivity index (χ3n) is 5.04. The number of carbonyl (C=O) groups is 1. The second kappa shape index (κ2) is 8.47. The second-order valence-corrected chi connectivity index (χ2v) is 6.91. The number of carbonyl (C=O) groups excluding carboxylic acids is 1. The number of halogens is 1. The Balaban J connectivity index is 1.41. The fourth-order valence-corrected chi connectivity index (χ4v) is 3.42. The van der Waals surface area contributed by atoms with Crippen LogP contribution in [0.25, 0.3) is 0 Å². The summed E-state index contributed by atoms with van der Waals surface area (Å²) in [6.45, 7) is 10.2. The standard InChI is InChI=1S/C20H27FN4O/c1-16-7-8-17(2)25(16)14-13-23-9-11-24(12-10-23)15-20(26)22-19-6-4-3-5-18(19)21/h3-8H,9-15H2,1-2H3,(H,22,26). The van der Waals surface area contributed by atoms with E-state index in [-0.39, 0.29) is 11.6 Å². The summed E-state index contributed by atoms with van der Waals surface area (Å²) in [5.74, 6) is -0.566. The number of rotatable bonds is 6. The number of anilines is 1. The first-order valence-corrected chi connectivity index (χ1v) is 9.15. The van der Waals surface area contributed by atoms with Crippen molar-refractivity contribution >= 4 is 11.6 Å². The molecular weight excluding hydrogens is 331 g/mol. The summed E-state index contributed by atoms with van der Waals surface area (Å²) in [4.78, 5) is 16.7. The van der Waals surface area contributed by atoms with E-state index in [0.717, 1.165) is 39.3 Å². The monoisotopic (exact) mass is 358 g/mol. The van der Waals surface area contributed by atoms with Gasteiger partial charge in [0, 0.05) is 50.7 Å². The van der Waals surface area contributed by atoms with Crippen molar-refractivity contribution in [3.8, 4) is 0 Å². The summed E-state index contributed by atoms with van der Waals surface area (Å²) in [5.41, 5.74) is 2.84. The van der Waals surface area contributed by atoms with Crippen molar-refractivity contribution in [1.82, 2.24) is 14.4 Å². The highest BCUT2D eigenvalue weighted by Crippen LogP contribution is 2.13. The molecule has 0 spiro atoms. The van der Waals surface area contributed by atoms with Crippen LogP contribution in [0, 0.1) is 19.7 Å². The Kier molecular flexibility index (Phi) is 6.06. The van der Waals surface area contributed by atoms with E-state index in [2.05, 4.69) is 45.7 Å². The van der Waals surface area contributed by atoms with Gasteiger partial charge in [-0.3, -0.25) is 14.6 Å². The molecule has 1 fully saturated rings. The fraction of sp³-hybridized carbons (Fsp3) is 0.450. The van der Waals surface area contributed by atoms with Gasteiger partial charge in [0.1, 0.15) is 5.82 Å². The SMILES string of the molecule is Cc1ccc(C)n1CCN1CCN(CC(=O)Nc2ccccc2F)CC1. The van der Waals surface area contributed by atoms with Gasteiger partial charge in [-0.1, -0.05) is 12.1 Å². The van der Waals surface area contributed by atoms with Gasteiger partial charge in [0.15, 0.2) is 0 Å². The molecule has 0 aliphatic carbocycles. The van der Waals surface area contributed by atoms with E-state index < -0.39 is 5.82 Å². The molecule has 0 saturated carbocycles. The fourth-order valence-electron chi connectivity index (χ4n) is 3.42. The van der Waals surface area contributed by atoms with Gasteiger partial charge in [0.05, 0.1) is 12.2 Å². The van der Waals surface area contributed by atoms with Crippen molar-refractivity contribution in [2.45, 2.75) is 20.4 Å². The van der Waals surface area contributed by atoms with Crippen LogP contribution in [0.4, 0.5) is 10.1 Å². The van der Waals surface area contributed by atoms with Crippen LogP contribution in [0.1, 0.15) is 11.4 Å². The van der Waals surface area contributed by atoms with Gasteiger partial charge in [-0.25, -0.2) is 4.39 Å². The quantitative estimate of drug-likeness (QED) is 0.863. The Morgan fingerprint density at radius 2 is 1.58 bits per heavy atom. The van der Waals surface area contributed by atoms with E-state index in [1.54, 1.807) is 18.2 Å². The van der Waals surface area contributed by atoms with Gasteiger partial charge in [0.25, 0.3) is 0 Å².